The van der Waals surface area contributed by atoms with E-state index in [0.29, 0.717) is 6.54 Å². The second-order valence-corrected chi connectivity index (χ2v) is 4.80. The summed E-state index contributed by atoms with van der Waals surface area (Å²) < 4.78 is 15.7. The zero-order valence-electron chi connectivity index (χ0n) is 10.9. The molecule has 3 rings (SSSR count). The molecule has 1 aromatic rings. The van der Waals surface area contributed by atoms with Crippen molar-refractivity contribution in [2.75, 3.05) is 20.4 Å². The van der Waals surface area contributed by atoms with Crippen LogP contribution in [-0.4, -0.2) is 37.4 Å². The maximum absolute atomic E-state index is 11.7. The van der Waals surface area contributed by atoms with Crippen LogP contribution >= 0.6 is 0 Å². The van der Waals surface area contributed by atoms with E-state index in [1.54, 1.807) is 0 Å². The lowest BCUT2D eigenvalue weighted by Crippen LogP contribution is -2.36. The van der Waals surface area contributed by atoms with E-state index in [9.17, 15) is 4.79 Å². The second kappa shape index (κ2) is 5.09. The summed E-state index contributed by atoms with van der Waals surface area (Å²) in [6.07, 6.45) is 1.88. The number of likely N-dealkylation sites (tertiary alicyclic amines) is 1. The van der Waals surface area contributed by atoms with Gasteiger partial charge in [-0.3, -0.25) is 9.69 Å². The van der Waals surface area contributed by atoms with Gasteiger partial charge in [-0.2, -0.15) is 0 Å². The third kappa shape index (κ3) is 2.26. The Bertz CT molecular complexity index is 488. The Kier molecular flexibility index (Phi) is 3.29. The highest BCUT2D eigenvalue weighted by Gasteiger charge is 2.32. The van der Waals surface area contributed by atoms with Crippen molar-refractivity contribution in [1.82, 2.24) is 4.90 Å². The van der Waals surface area contributed by atoms with Crippen molar-refractivity contribution < 1.29 is 19.0 Å². The molecule has 0 amide bonds. The first-order valence-electron chi connectivity index (χ1n) is 6.49. The first-order chi connectivity index (χ1) is 9.29. The van der Waals surface area contributed by atoms with E-state index in [2.05, 4.69) is 4.90 Å². The van der Waals surface area contributed by atoms with Gasteiger partial charge < -0.3 is 14.2 Å². The van der Waals surface area contributed by atoms with Crippen molar-refractivity contribution in [2.24, 2.45) is 0 Å². The molecule has 0 saturated carbocycles. The number of ether oxygens (including phenoxy) is 3. The summed E-state index contributed by atoms with van der Waals surface area (Å²) in [5.41, 5.74) is 1.06. The maximum Gasteiger partial charge on any atom is 0.323 e. The van der Waals surface area contributed by atoms with Crippen LogP contribution in [0.2, 0.25) is 0 Å². The van der Waals surface area contributed by atoms with Crippen LogP contribution in [0.5, 0.6) is 11.5 Å². The molecule has 0 radical (unpaired) electrons. The van der Waals surface area contributed by atoms with E-state index >= 15 is 0 Å². The molecule has 2 aliphatic rings. The van der Waals surface area contributed by atoms with E-state index in [4.69, 9.17) is 14.2 Å². The molecule has 0 aliphatic carbocycles. The van der Waals surface area contributed by atoms with Crippen LogP contribution in [-0.2, 0) is 16.1 Å². The van der Waals surface area contributed by atoms with Gasteiger partial charge in [0, 0.05) is 12.1 Å². The minimum absolute atomic E-state index is 0.136. The fourth-order valence-electron chi connectivity index (χ4n) is 2.75. The Hall–Kier alpha value is -1.75. The first kappa shape index (κ1) is 12.3. The van der Waals surface area contributed by atoms with Crippen LogP contribution in [0.4, 0.5) is 0 Å². The average Bonchev–Trinajstić information content (AvgIpc) is 3.06. The van der Waals surface area contributed by atoms with Gasteiger partial charge in [-0.15, -0.1) is 0 Å². The standard InChI is InChI=1S/C14H17NO4/c1-17-14(16)11-5-3-7-15(11)8-10-4-2-6-12-13(10)19-9-18-12/h2,4,6,11H,3,5,7-9H2,1H3/t11-/m1/s1. The SMILES string of the molecule is COC(=O)[C@H]1CCCN1Cc1cccc2c1OCO2. The molecular formula is C14H17NO4. The monoisotopic (exact) mass is 263 g/mol. The summed E-state index contributed by atoms with van der Waals surface area (Å²) in [5.74, 6) is 1.44. The van der Waals surface area contributed by atoms with E-state index in [1.807, 2.05) is 18.2 Å². The lowest BCUT2D eigenvalue weighted by atomic mass is 10.1. The van der Waals surface area contributed by atoms with E-state index in [-0.39, 0.29) is 18.8 Å². The van der Waals surface area contributed by atoms with Crippen molar-refractivity contribution in [2.45, 2.75) is 25.4 Å². The second-order valence-electron chi connectivity index (χ2n) is 4.80. The van der Waals surface area contributed by atoms with Gasteiger partial charge in [0.25, 0.3) is 0 Å². The predicted molar refractivity (Wildman–Crippen MR) is 68.0 cm³/mol. The molecule has 1 aromatic carbocycles. The minimum atomic E-state index is -0.151. The molecule has 2 aliphatic heterocycles. The number of methoxy groups -OCH3 is 1. The number of fused-ring (bicyclic) bond motifs is 1. The van der Waals surface area contributed by atoms with Crippen LogP contribution in [0.3, 0.4) is 0 Å². The molecule has 1 fully saturated rings. The summed E-state index contributed by atoms with van der Waals surface area (Å²) in [6, 6.07) is 5.73. The number of nitrogens with zero attached hydrogens (tertiary/aromatic N) is 1. The van der Waals surface area contributed by atoms with E-state index in [1.165, 1.54) is 7.11 Å². The number of para-hydroxylation sites is 1. The highest BCUT2D eigenvalue weighted by atomic mass is 16.7. The van der Waals surface area contributed by atoms with Crippen LogP contribution in [0, 0.1) is 0 Å². The third-order valence-corrected chi connectivity index (χ3v) is 3.69. The Morgan fingerprint density at radius 3 is 3.21 bits per heavy atom. The Labute approximate surface area is 112 Å². The van der Waals surface area contributed by atoms with Crippen LogP contribution < -0.4 is 9.47 Å². The van der Waals surface area contributed by atoms with Crippen molar-refractivity contribution >= 4 is 5.97 Å². The molecule has 19 heavy (non-hydrogen) atoms. The van der Waals surface area contributed by atoms with Gasteiger partial charge >= 0.3 is 5.97 Å². The van der Waals surface area contributed by atoms with E-state index in [0.717, 1.165) is 36.4 Å². The van der Waals surface area contributed by atoms with Gasteiger partial charge in [-0.25, -0.2) is 0 Å². The molecule has 0 unspecified atom stereocenters. The zero-order chi connectivity index (χ0) is 13.2. The molecule has 1 saturated heterocycles. The molecule has 0 spiro atoms. The normalized spacial score (nSPS) is 21.6. The topological polar surface area (TPSA) is 48.0 Å². The molecule has 0 aromatic heterocycles. The molecule has 0 N–H and O–H groups in total. The van der Waals surface area contributed by atoms with Crippen molar-refractivity contribution in [3.05, 3.63) is 23.8 Å². The molecule has 102 valence electrons. The average molecular weight is 263 g/mol. The predicted octanol–water partition coefficient (Wildman–Crippen LogP) is 1.55. The van der Waals surface area contributed by atoms with Gasteiger partial charge in [0.15, 0.2) is 11.5 Å². The lowest BCUT2D eigenvalue weighted by Gasteiger charge is -2.22. The van der Waals surface area contributed by atoms with Gasteiger partial charge in [0.2, 0.25) is 6.79 Å². The lowest BCUT2D eigenvalue weighted by molar-refractivity contribution is -0.146. The number of hydrogen-bond donors (Lipinski definition) is 0. The summed E-state index contributed by atoms with van der Waals surface area (Å²) in [6.45, 7) is 1.86. The Balaban J connectivity index is 1.78. The summed E-state index contributed by atoms with van der Waals surface area (Å²) in [4.78, 5) is 13.9. The number of hydrogen-bond acceptors (Lipinski definition) is 5. The summed E-state index contributed by atoms with van der Waals surface area (Å²) in [5, 5.41) is 0. The Morgan fingerprint density at radius 1 is 1.47 bits per heavy atom. The number of rotatable bonds is 3. The molecule has 5 heteroatoms. The largest absolute Gasteiger partial charge is 0.468 e. The molecule has 2 heterocycles. The van der Waals surface area contributed by atoms with Crippen molar-refractivity contribution in [3.63, 3.8) is 0 Å². The highest BCUT2D eigenvalue weighted by molar-refractivity contribution is 5.76. The van der Waals surface area contributed by atoms with E-state index < -0.39 is 0 Å². The fourth-order valence-corrected chi connectivity index (χ4v) is 2.75. The smallest absolute Gasteiger partial charge is 0.323 e. The van der Waals surface area contributed by atoms with Crippen LogP contribution in [0.1, 0.15) is 18.4 Å². The van der Waals surface area contributed by atoms with Gasteiger partial charge in [-0.1, -0.05) is 12.1 Å². The molecule has 0 bridgehead atoms. The molecular weight excluding hydrogens is 246 g/mol. The number of esters is 1. The summed E-state index contributed by atoms with van der Waals surface area (Å²) in [7, 11) is 1.44. The Morgan fingerprint density at radius 2 is 2.37 bits per heavy atom. The maximum atomic E-state index is 11.7. The van der Waals surface area contributed by atoms with Gasteiger partial charge in [-0.05, 0) is 25.5 Å². The first-order valence-corrected chi connectivity index (χ1v) is 6.49. The van der Waals surface area contributed by atoms with Gasteiger partial charge in [0.1, 0.15) is 6.04 Å². The molecule has 1 atom stereocenters. The van der Waals surface area contributed by atoms with Crippen molar-refractivity contribution in [3.8, 4) is 11.5 Å². The zero-order valence-corrected chi connectivity index (χ0v) is 10.9. The third-order valence-electron chi connectivity index (χ3n) is 3.69. The molecule has 5 nitrogen and oxygen atoms in total. The fraction of sp³-hybridized carbons (Fsp3) is 0.500. The van der Waals surface area contributed by atoms with Gasteiger partial charge in [0.05, 0.1) is 7.11 Å². The van der Waals surface area contributed by atoms with Crippen LogP contribution in [0.15, 0.2) is 18.2 Å². The number of carbonyl (C=O) groups is 1. The number of carbonyl (C=O) groups excluding carboxylic acids is 1. The van der Waals surface area contributed by atoms with Crippen molar-refractivity contribution in [1.29, 1.82) is 0 Å². The highest BCUT2D eigenvalue weighted by Crippen LogP contribution is 2.36. The van der Waals surface area contributed by atoms with Crippen LogP contribution in [0.25, 0.3) is 0 Å². The summed E-state index contributed by atoms with van der Waals surface area (Å²) >= 11 is 0. The minimum Gasteiger partial charge on any atom is -0.468 e. The number of benzene rings is 1. The quantitative estimate of drug-likeness (QED) is 0.774.